The number of aromatic nitrogens is 2. The molecule has 0 bridgehead atoms. The van der Waals surface area contributed by atoms with E-state index in [0.29, 0.717) is 11.1 Å². The third kappa shape index (κ3) is 1.82. The number of carboxylic acids is 1. The second kappa shape index (κ2) is 4.08. The average molecular weight is 258 g/mol. The Morgan fingerprint density at radius 1 is 1.47 bits per heavy atom. The zero-order chi connectivity index (χ0) is 13.6. The molecule has 0 atom stereocenters. The Morgan fingerprint density at radius 3 is 2.79 bits per heavy atom. The van der Waals surface area contributed by atoms with Gasteiger partial charge in [-0.05, 0) is 38.3 Å². The molecule has 4 heteroatoms. The van der Waals surface area contributed by atoms with Crippen molar-refractivity contribution in [1.82, 2.24) is 9.55 Å². The molecule has 1 fully saturated rings. The number of hydrogen-bond donors (Lipinski definition) is 1. The van der Waals surface area contributed by atoms with Gasteiger partial charge in [-0.25, -0.2) is 9.78 Å². The molecule has 1 aliphatic carbocycles. The van der Waals surface area contributed by atoms with E-state index < -0.39 is 5.97 Å². The van der Waals surface area contributed by atoms with Crippen LogP contribution in [0.3, 0.4) is 0 Å². The number of aryl methyl sites for hydroxylation is 1. The highest BCUT2D eigenvalue weighted by molar-refractivity contribution is 6.01. The lowest BCUT2D eigenvalue weighted by molar-refractivity contribution is 0.0699. The number of hydrogen-bond acceptors (Lipinski definition) is 2. The van der Waals surface area contributed by atoms with Crippen molar-refractivity contribution in [2.24, 2.45) is 0 Å². The Kier molecular flexibility index (Phi) is 2.62. The van der Waals surface area contributed by atoms with Crippen molar-refractivity contribution in [2.75, 3.05) is 0 Å². The largest absolute Gasteiger partial charge is 0.478 e. The van der Waals surface area contributed by atoms with E-state index in [1.165, 1.54) is 0 Å². The minimum absolute atomic E-state index is 0.135. The molecule has 0 radical (unpaired) electrons. The number of carboxylic acid groups (broad SMARTS) is 1. The van der Waals surface area contributed by atoms with Gasteiger partial charge in [0, 0.05) is 12.0 Å². The van der Waals surface area contributed by atoms with E-state index in [1.54, 1.807) is 6.07 Å². The fourth-order valence-corrected chi connectivity index (χ4v) is 2.72. The Bertz CT molecular complexity index is 653. The molecule has 0 aliphatic heterocycles. The molecule has 0 amide bonds. The van der Waals surface area contributed by atoms with Gasteiger partial charge < -0.3 is 9.67 Å². The summed E-state index contributed by atoms with van der Waals surface area (Å²) in [5, 5.41) is 9.28. The van der Waals surface area contributed by atoms with Crippen molar-refractivity contribution in [3.05, 3.63) is 29.6 Å². The number of aromatic carboxylic acids is 1. The number of carbonyl (C=O) groups is 1. The summed E-state index contributed by atoms with van der Waals surface area (Å²) in [5.74, 6) is 0.116. The topological polar surface area (TPSA) is 55.1 Å². The van der Waals surface area contributed by atoms with Crippen molar-refractivity contribution < 1.29 is 9.90 Å². The molecular formula is C15H18N2O2. The molecule has 4 nitrogen and oxygen atoms in total. The maximum absolute atomic E-state index is 11.3. The van der Waals surface area contributed by atoms with Crippen molar-refractivity contribution in [2.45, 2.75) is 45.1 Å². The number of rotatable bonds is 4. The lowest BCUT2D eigenvalue weighted by Gasteiger charge is -2.15. The zero-order valence-corrected chi connectivity index (χ0v) is 11.3. The van der Waals surface area contributed by atoms with Gasteiger partial charge in [0.25, 0.3) is 0 Å². The lowest BCUT2D eigenvalue weighted by Crippen LogP contribution is -2.15. The van der Waals surface area contributed by atoms with E-state index in [2.05, 4.69) is 23.4 Å². The van der Waals surface area contributed by atoms with Gasteiger partial charge in [0.1, 0.15) is 11.3 Å². The minimum Gasteiger partial charge on any atom is -0.478 e. The molecule has 100 valence electrons. The molecule has 19 heavy (non-hydrogen) atoms. The highest BCUT2D eigenvalue weighted by atomic mass is 16.4. The van der Waals surface area contributed by atoms with Gasteiger partial charge in [0.2, 0.25) is 0 Å². The van der Waals surface area contributed by atoms with Crippen LogP contribution in [0.15, 0.2) is 18.2 Å². The van der Waals surface area contributed by atoms with Crippen LogP contribution in [0.25, 0.3) is 11.0 Å². The van der Waals surface area contributed by atoms with E-state index in [0.717, 1.165) is 37.0 Å². The molecule has 0 unspecified atom stereocenters. The van der Waals surface area contributed by atoms with Gasteiger partial charge in [-0.1, -0.05) is 13.0 Å². The van der Waals surface area contributed by atoms with Crippen LogP contribution in [0.4, 0.5) is 0 Å². The third-order valence-electron chi connectivity index (χ3n) is 3.97. The smallest absolute Gasteiger partial charge is 0.337 e. The molecule has 1 N–H and O–H groups in total. The summed E-state index contributed by atoms with van der Waals surface area (Å²) in [6.45, 7) is 4.34. The fourth-order valence-electron chi connectivity index (χ4n) is 2.72. The Morgan fingerprint density at radius 2 is 2.21 bits per heavy atom. The molecule has 0 spiro atoms. The van der Waals surface area contributed by atoms with Crippen LogP contribution < -0.4 is 0 Å². The van der Waals surface area contributed by atoms with Gasteiger partial charge in [-0.3, -0.25) is 0 Å². The first-order valence-electron chi connectivity index (χ1n) is 6.81. The van der Waals surface area contributed by atoms with Crippen LogP contribution in [0, 0.1) is 0 Å². The van der Waals surface area contributed by atoms with Gasteiger partial charge >= 0.3 is 5.97 Å². The maximum atomic E-state index is 11.3. The summed E-state index contributed by atoms with van der Waals surface area (Å²) in [7, 11) is 0. The molecular weight excluding hydrogens is 240 g/mol. The second-order valence-corrected chi connectivity index (χ2v) is 5.59. The molecule has 1 aromatic heterocycles. The highest BCUT2D eigenvalue weighted by Crippen LogP contribution is 2.46. The van der Waals surface area contributed by atoms with Gasteiger partial charge in [-0.2, -0.15) is 0 Å². The number of fused-ring (bicyclic) bond motifs is 1. The van der Waals surface area contributed by atoms with E-state index in [1.807, 2.05) is 12.1 Å². The summed E-state index contributed by atoms with van der Waals surface area (Å²) in [4.78, 5) is 15.9. The molecule has 3 rings (SSSR count). The third-order valence-corrected chi connectivity index (χ3v) is 3.97. The van der Waals surface area contributed by atoms with E-state index >= 15 is 0 Å². The van der Waals surface area contributed by atoms with E-state index in [4.69, 9.17) is 0 Å². The number of para-hydroxylation sites is 1. The summed E-state index contributed by atoms with van der Waals surface area (Å²) < 4.78 is 2.26. The number of benzene rings is 1. The monoisotopic (exact) mass is 258 g/mol. The van der Waals surface area contributed by atoms with Crippen molar-refractivity contribution >= 4 is 17.0 Å². The van der Waals surface area contributed by atoms with Gasteiger partial charge in [0.15, 0.2) is 0 Å². The van der Waals surface area contributed by atoms with Crippen LogP contribution in [-0.2, 0) is 12.0 Å². The Balaban J connectivity index is 2.29. The summed E-state index contributed by atoms with van der Waals surface area (Å²) >= 11 is 0. The minimum atomic E-state index is -0.903. The molecule has 0 saturated heterocycles. The normalized spacial score (nSPS) is 16.7. The first-order valence-corrected chi connectivity index (χ1v) is 6.81. The number of imidazole rings is 1. The highest BCUT2D eigenvalue weighted by Gasteiger charge is 2.42. The molecule has 1 aliphatic rings. The van der Waals surface area contributed by atoms with Crippen LogP contribution in [-0.4, -0.2) is 20.6 Å². The molecule has 1 aromatic carbocycles. The maximum Gasteiger partial charge on any atom is 0.337 e. The van der Waals surface area contributed by atoms with E-state index in [-0.39, 0.29) is 5.54 Å². The van der Waals surface area contributed by atoms with Crippen molar-refractivity contribution in [3.63, 3.8) is 0 Å². The summed E-state index contributed by atoms with van der Waals surface area (Å²) in [5.41, 5.74) is 2.03. The average Bonchev–Trinajstić information content (AvgIpc) is 2.99. The van der Waals surface area contributed by atoms with Crippen LogP contribution >= 0.6 is 0 Å². The van der Waals surface area contributed by atoms with Crippen molar-refractivity contribution in [1.29, 1.82) is 0 Å². The van der Waals surface area contributed by atoms with Crippen molar-refractivity contribution in [3.8, 4) is 0 Å². The predicted octanol–water partition coefficient (Wildman–Crippen LogP) is 3.20. The van der Waals surface area contributed by atoms with Gasteiger partial charge in [0.05, 0.1) is 11.1 Å². The number of nitrogens with zero attached hydrogens (tertiary/aromatic N) is 2. The predicted molar refractivity (Wildman–Crippen MR) is 73.6 cm³/mol. The molecule has 2 aromatic rings. The van der Waals surface area contributed by atoms with E-state index in [9.17, 15) is 9.90 Å². The zero-order valence-electron chi connectivity index (χ0n) is 11.3. The van der Waals surface area contributed by atoms with Crippen LogP contribution in [0.2, 0.25) is 0 Å². The van der Waals surface area contributed by atoms with Crippen LogP contribution in [0.5, 0.6) is 0 Å². The SMILES string of the molecule is CCCc1nc2c(C(=O)O)cccc2n1C1(C)CC1. The standard InChI is InChI=1S/C15H18N2O2/c1-3-5-12-16-13-10(14(18)19)6-4-7-11(13)17(12)15(2)8-9-15/h4,6-7H,3,5,8-9H2,1-2H3,(H,18,19). The first-order chi connectivity index (χ1) is 9.07. The summed E-state index contributed by atoms with van der Waals surface area (Å²) in [6.07, 6.45) is 4.20. The molecule has 1 saturated carbocycles. The molecule has 1 heterocycles. The lowest BCUT2D eigenvalue weighted by atomic mass is 10.1. The van der Waals surface area contributed by atoms with Gasteiger partial charge in [-0.15, -0.1) is 0 Å². The summed E-state index contributed by atoms with van der Waals surface area (Å²) in [6, 6.07) is 5.43. The first kappa shape index (κ1) is 12.2. The quantitative estimate of drug-likeness (QED) is 0.916. The Labute approximate surface area is 112 Å². The fraction of sp³-hybridized carbons (Fsp3) is 0.467. The van der Waals surface area contributed by atoms with Crippen LogP contribution in [0.1, 0.15) is 49.3 Å². The Hall–Kier alpha value is -1.84. The second-order valence-electron chi connectivity index (χ2n) is 5.59.